The van der Waals surface area contributed by atoms with E-state index in [9.17, 15) is 8.78 Å². The fourth-order valence-electron chi connectivity index (χ4n) is 1.96. The van der Waals surface area contributed by atoms with E-state index in [1.54, 1.807) is 13.2 Å². The quantitative estimate of drug-likeness (QED) is 0.661. The van der Waals surface area contributed by atoms with Gasteiger partial charge in [0, 0.05) is 12.4 Å². The molecule has 2 N–H and O–H groups in total. The van der Waals surface area contributed by atoms with Crippen LogP contribution in [0.25, 0.3) is 21.9 Å². The van der Waals surface area contributed by atoms with Crippen LogP contribution in [0.15, 0.2) is 18.3 Å². The molecule has 2 heterocycles. The SMILES string of the molecule is CNn1c2cn[nH]c2c2ccc(F)c(F)c21. The Labute approximate surface area is 88.8 Å². The van der Waals surface area contributed by atoms with Gasteiger partial charge in [0.1, 0.15) is 11.0 Å². The molecule has 0 bridgehead atoms. The van der Waals surface area contributed by atoms with Gasteiger partial charge >= 0.3 is 0 Å². The lowest BCUT2D eigenvalue weighted by molar-refractivity contribution is 0.514. The number of H-pyrrole nitrogens is 1. The molecule has 4 nitrogen and oxygen atoms in total. The van der Waals surface area contributed by atoms with Crippen molar-refractivity contribution in [3.05, 3.63) is 30.0 Å². The van der Waals surface area contributed by atoms with Crippen LogP contribution in [-0.2, 0) is 0 Å². The van der Waals surface area contributed by atoms with Gasteiger partial charge in [0.05, 0.1) is 11.7 Å². The number of hydrogen-bond donors (Lipinski definition) is 2. The lowest BCUT2D eigenvalue weighted by atomic mass is 10.2. The maximum atomic E-state index is 13.7. The van der Waals surface area contributed by atoms with Crippen molar-refractivity contribution < 1.29 is 8.78 Å². The highest BCUT2D eigenvalue weighted by Gasteiger charge is 2.17. The molecule has 3 rings (SSSR count). The van der Waals surface area contributed by atoms with Gasteiger partial charge in [0.2, 0.25) is 0 Å². The minimum Gasteiger partial charge on any atom is -0.328 e. The van der Waals surface area contributed by atoms with E-state index < -0.39 is 11.6 Å². The molecule has 0 saturated heterocycles. The van der Waals surface area contributed by atoms with Crippen molar-refractivity contribution in [2.45, 2.75) is 0 Å². The van der Waals surface area contributed by atoms with Crippen LogP contribution in [0.3, 0.4) is 0 Å². The van der Waals surface area contributed by atoms with Crippen LogP contribution in [0, 0.1) is 11.6 Å². The molecule has 0 aliphatic carbocycles. The summed E-state index contributed by atoms with van der Waals surface area (Å²) in [5.41, 5.74) is 4.35. The van der Waals surface area contributed by atoms with Crippen LogP contribution in [0.4, 0.5) is 8.78 Å². The van der Waals surface area contributed by atoms with E-state index in [1.165, 1.54) is 10.7 Å². The first-order valence-electron chi connectivity index (χ1n) is 4.73. The van der Waals surface area contributed by atoms with Crippen LogP contribution >= 0.6 is 0 Å². The zero-order valence-electron chi connectivity index (χ0n) is 8.38. The Hall–Kier alpha value is -2.11. The highest BCUT2D eigenvalue weighted by atomic mass is 19.2. The van der Waals surface area contributed by atoms with Gasteiger partial charge in [-0.2, -0.15) is 5.10 Å². The Morgan fingerprint density at radius 1 is 1.38 bits per heavy atom. The normalized spacial score (nSPS) is 11.4. The van der Waals surface area contributed by atoms with Gasteiger partial charge in [-0.3, -0.25) is 9.77 Å². The Morgan fingerprint density at radius 2 is 2.19 bits per heavy atom. The molecule has 0 aliphatic heterocycles. The Bertz CT molecular complexity index is 683. The summed E-state index contributed by atoms with van der Waals surface area (Å²) in [6.07, 6.45) is 1.56. The topological polar surface area (TPSA) is 45.6 Å². The van der Waals surface area contributed by atoms with Gasteiger partial charge < -0.3 is 5.43 Å². The number of benzene rings is 1. The van der Waals surface area contributed by atoms with Gasteiger partial charge in [0.15, 0.2) is 11.6 Å². The number of rotatable bonds is 1. The predicted molar refractivity (Wildman–Crippen MR) is 56.8 cm³/mol. The lowest BCUT2D eigenvalue weighted by Gasteiger charge is -2.05. The Morgan fingerprint density at radius 3 is 2.94 bits per heavy atom. The molecule has 0 saturated carbocycles. The number of nitrogens with one attached hydrogen (secondary N) is 2. The third kappa shape index (κ3) is 0.932. The van der Waals surface area contributed by atoms with Crippen molar-refractivity contribution in [3.8, 4) is 0 Å². The highest BCUT2D eigenvalue weighted by molar-refractivity contribution is 6.05. The molecule has 0 atom stereocenters. The molecular weight excluding hydrogens is 214 g/mol. The van der Waals surface area contributed by atoms with Crippen LogP contribution in [0.1, 0.15) is 0 Å². The molecule has 82 valence electrons. The first-order chi connectivity index (χ1) is 7.74. The van der Waals surface area contributed by atoms with E-state index in [-0.39, 0.29) is 5.52 Å². The third-order valence-electron chi connectivity index (χ3n) is 2.65. The average Bonchev–Trinajstić information content (AvgIpc) is 2.83. The minimum atomic E-state index is -0.864. The molecule has 0 unspecified atom stereocenters. The smallest absolute Gasteiger partial charge is 0.185 e. The predicted octanol–water partition coefficient (Wildman–Crippen LogP) is 1.97. The molecular formula is C10H8F2N4. The maximum Gasteiger partial charge on any atom is 0.185 e. The van der Waals surface area contributed by atoms with Crippen molar-refractivity contribution in [1.82, 2.24) is 14.9 Å². The first-order valence-corrected chi connectivity index (χ1v) is 4.73. The fourth-order valence-corrected chi connectivity index (χ4v) is 1.96. The van der Waals surface area contributed by atoms with Crippen LogP contribution in [-0.4, -0.2) is 21.9 Å². The van der Waals surface area contributed by atoms with Crippen molar-refractivity contribution in [1.29, 1.82) is 0 Å². The minimum absolute atomic E-state index is 0.186. The molecule has 0 fully saturated rings. The van der Waals surface area contributed by atoms with Crippen LogP contribution in [0.2, 0.25) is 0 Å². The molecule has 16 heavy (non-hydrogen) atoms. The lowest BCUT2D eigenvalue weighted by Crippen LogP contribution is -2.09. The number of aromatic amines is 1. The summed E-state index contributed by atoms with van der Waals surface area (Å²) in [5.74, 6) is -1.73. The monoisotopic (exact) mass is 222 g/mol. The number of halogens is 2. The van der Waals surface area contributed by atoms with E-state index in [1.807, 2.05) is 0 Å². The number of fused-ring (bicyclic) bond motifs is 3. The number of nitrogens with zero attached hydrogens (tertiary/aromatic N) is 2. The highest BCUT2D eigenvalue weighted by Crippen LogP contribution is 2.28. The largest absolute Gasteiger partial charge is 0.328 e. The second-order valence-electron chi connectivity index (χ2n) is 3.45. The van der Waals surface area contributed by atoms with Gasteiger partial charge in [-0.1, -0.05) is 0 Å². The summed E-state index contributed by atoms with van der Waals surface area (Å²) in [7, 11) is 1.64. The van der Waals surface area contributed by atoms with Crippen LogP contribution < -0.4 is 5.43 Å². The van der Waals surface area contributed by atoms with Crippen molar-refractivity contribution in [2.75, 3.05) is 12.5 Å². The summed E-state index contributed by atoms with van der Waals surface area (Å²) in [4.78, 5) is 0. The molecule has 0 aliphatic rings. The van der Waals surface area contributed by atoms with Crippen molar-refractivity contribution >= 4 is 21.9 Å². The zero-order chi connectivity index (χ0) is 11.3. The summed E-state index contributed by atoms with van der Waals surface area (Å²) in [6, 6.07) is 2.64. The summed E-state index contributed by atoms with van der Waals surface area (Å²) >= 11 is 0. The second kappa shape index (κ2) is 2.94. The summed E-state index contributed by atoms with van der Waals surface area (Å²) in [6.45, 7) is 0. The zero-order valence-corrected chi connectivity index (χ0v) is 8.38. The molecule has 6 heteroatoms. The van der Waals surface area contributed by atoms with E-state index in [4.69, 9.17) is 0 Å². The summed E-state index contributed by atoms with van der Waals surface area (Å²) in [5, 5.41) is 7.23. The van der Waals surface area contributed by atoms with Gasteiger partial charge in [-0.05, 0) is 12.1 Å². The Kier molecular flexibility index (Phi) is 1.68. The molecule has 0 amide bonds. The molecule has 1 aromatic carbocycles. The van der Waals surface area contributed by atoms with E-state index in [0.717, 1.165) is 6.07 Å². The van der Waals surface area contributed by atoms with Crippen molar-refractivity contribution in [3.63, 3.8) is 0 Å². The van der Waals surface area contributed by atoms with Gasteiger partial charge in [0.25, 0.3) is 0 Å². The summed E-state index contributed by atoms with van der Waals surface area (Å²) < 4.78 is 28.3. The van der Waals surface area contributed by atoms with Gasteiger partial charge in [-0.15, -0.1) is 0 Å². The first kappa shape index (κ1) is 9.14. The van der Waals surface area contributed by atoms with Crippen molar-refractivity contribution in [2.24, 2.45) is 0 Å². The van der Waals surface area contributed by atoms with Crippen LogP contribution in [0.5, 0.6) is 0 Å². The molecule has 0 radical (unpaired) electrons. The Balaban J connectivity index is 2.62. The van der Waals surface area contributed by atoms with Gasteiger partial charge in [-0.25, -0.2) is 8.78 Å². The molecule has 0 spiro atoms. The standard InChI is InChI=1S/C10H8F2N4/c1-13-16-7-4-14-15-9(7)5-2-3-6(11)8(12)10(5)16/h2-4,13H,1H3,(H,14,15). The third-order valence-corrected chi connectivity index (χ3v) is 2.65. The molecule has 2 aromatic heterocycles. The average molecular weight is 222 g/mol. The maximum absolute atomic E-state index is 13.7. The van der Waals surface area contributed by atoms with E-state index in [2.05, 4.69) is 15.6 Å². The number of aromatic nitrogens is 3. The number of hydrogen-bond acceptors (Lipinski definition) is 2. The fraction of sp³-hybridized carbons (Fsp3) is 0.100. The second-order valence-corrected chi connectivity index (χ2v) is 3.45. The molecule has 3 aromatic rings. The van der Waals surface area contributed by atoms with E-state index in [0.29, 0.717) is 16.4 Å². The van der Waals surface area contributed by atoms with E-state index >= 15 is 0 Å².